The lowest BCUT2D eigenvalue weighted by molar-refractivity contribution is 1.23. The summed E-state index contributed by atoms with van der Waals surface area (Å²) >= 11 is 5.81. The average molecular weight is 205 g/mol. The van der Waals surface area contributed by atoms with Crippen molar-refractivity contribution in [2.45, 2.75) is 0 Å². The van der Waals surface area contributed by atoms with Gasteiger partial charge in [-0.15, -0.1) is 0 Å². The molecule has 1 heterocycles. The van der Waals surface area contributed by atoms with Crippen LogP contribution >= 0.6 is 11.6 Å². The van der Waals surface area contributed by atoms with Crippen LogP contribution in [0.15, 0.2) is 18.5 Å². The average Bonchev–Trinajstić information content (AvgIpc) is 2.18. The highest BCUT2D eigenvalue weighted by molar-refractivity contribution is 6.31. The Bertz CT molecular complexity index is 544. The normalized spacial score (nSPS) is 10.0. The van der Waals surface area contributed by atoms with Crippen LogP contribution in [-0.4, -0.2) is 9.97 Å². The second-order valence-corrected chi connectivity index (χ2v) is 3.16. The molecule has 14 heavy (non-hydrogen) atoms. The number of nitrogens with two attached hydrogens (primary N) is 1. The summed E-state index contributed by atoms with van der Waals surface area (Å²) in [5.41, 5.74) is 6.57. The molecule has 2 N–H and O–H groups in total. The van der Waals surface area contributed by atoms with Crippen LogP contribution in [0.5, 0.6) is 0 Å². The standard InChI is InChI=1S/C9H5ClN4/c10-6-1-5(3-11)8-7(2-6)9(12)14-4-13-8/h1-2,4H,(H2,12,13,14). The molecule has 0 unspecified atom stereocenters. The van der Waals surface area contributed by atoms with Gasteiger partial charge in [0.2, 0.25) is 0 Å². The van der Waals surface area contributed by atoms with E-state index < -0.39 is 0 Å². The molecule has 5 heteroatoms. The Morgan fingerprint density at radius 3 is 2.86 bits per heavy atom. The van der Waals surface area contributed by atoms with Crippen molar-refractivity contribution >= 4 is 28.3 Å². The Hall–Kier alpha value is -1.86. The quantitative estimate of drug-likeness (QED) is 0.709. The number of hydrogen-bond acceptors (Lipinski definition) is 4. The summed E-state index contributed by atoms with van der Waals surface area (Å²) in [5.74, 6) is 0.328. The van der Waals surface area contributed by atoms with E-state index in [4.69, 9.17) is 22.6 Å². The minimum absolute atomic E-state index is 0.328. The number of hydrogen-bond donors (Lipinski definition) is 1. The van der Waals surface area contributed by atoms with Crippen LogP contribution in [0.25, 0.3) is 10.9 Å². The highest BCUT2D eigenvalue weighted by Gasteiger charge is 2.06. The van der Waals surface area contributed by atoms with Crippen LogP contribution in [0.4, 0.5) is 5.82 Å². The summed E-state index contributed by atoms with van der Waals surface area (Å²) < 4.78 is 0. The van der Waals surface area contributed by atoms with Gasteiger partial charge in [-0.2, -0.15) is 5.26 Å². The smallest absolute Gasteiger partial charge is 0.134 e. The first-order valence-corrected chi connectivity index (χ1v) is 4.20. The third-order valence-corrected chi connectivity index (χ3v) is 2.07. The van der Waals surface area contributed by atoms with Crippen molar-refractivity contribution < 1.29 is 0 Å². The molecular weight excluding hydrogens is 200 g/mol. The van der Waals surface area contributed by atoms with Gasteiger partial charge >= 0.3 is 0 Å². The first-order valence-electron chi connectivity index (χ1n) is 3.82. The number of fused-ring (bicyclic) bond motifs is 1. The number of nitrogen functional groups attached to an aromatic ring is 1. The zero-order chi connectivity index (χ0) is 10.1. The second kappa shape index (κ2) is 3.13. The lowest BCUT2D eigenvalue weighted by Gasteiger charge is -2.01. The summed E-state index contributed by atoms with van der Waals surface area (Å²) in [7, 11) is 0. The van der Waals surface area contributed by atoms with E-state index in [1.165, 1.54) is 6.33 Å². The van der Waals surface area contributed by atoms with Gasteiger partial charge in [-0.1, -0.05) is 11.6 Å². The Labute approximate surface area is 85.0 Å². The Morgan fingerprint density at radius 2 is 2.14 bits per heavy atom. The molecule has 2 aromatic rings. The third-order valence-electron chi connectivity index (χ3n) is 1.85. The molecule has 0 fully saturated rings. The van der Waals surface area contributed by atoms with Gasteiger partial charge in [0, 0.05) is 10.4 Å². The molecule has 1 aromatic heterocycles. The summed E-state index contributed by atoms with van der Waals surface area (Å²) in [6.45, 7) is 0. The van der Waals surface area contributed by atoms with E-state index in [0.717, 1.165) is 0 Å². The monoisotopic (exact) mass is 204 g/mol. The van der Waals surface area contributed by atoms with Crippen LogP contribution in [0.2, 0.25) is 5.02 Å². The fraction of sp³-hybridized carbons (Fsp3) is 0. The van der Waals surface area contributed by atoms with Crippen molar-refractivity contribution in [3.05, 3.63) is 29.0 Å². The summed E-state index contributed by atoms with van der Waals surface area (Å²) in [4.78, 5) is 7.80. The maximum Gasteiger partial charge on any atom is 0.134 e. The molecule has 0 aliphatic heterocycles. The predicted octanol–water partition coefficient (Wildman–Crippen LogP) is 1.74. The maximum absolute atomic E-state index is 8.84. The van der Waals surface area contributed by atoms with Gasteiger partial charge in [0.15, 0.2) is 0 Å². The van der Waals surface area contributed by atoms with Gasteiger partial charge in [-0.05, 0) is 12.1 Å². The van der Waals surface area contributed by atoms with Crippen molar-refractivity contribution in [1.82, 2.24) is 9.97 Å². The van der Waals surface area contributed by atoms with Gasteiger partial charge in [0.1, 0.15) is 18.2 Å². The number of benzene rings is 1. The molecule has 0 aliphatic rings. The Balaban J connectivity index is 2.96. The summed E-state index contributed by atoms with van der Waals surface area (Å²) in [6.07, 6.45) is 1.33. The Kier molecular flexibility index (Phi) is 1.95. The van der Waals surface area contributed by atoms with Crippen LogP contribution in [0.3, 0.4) is 0 Å². The molecule has 68 valence electrons. The zero-order valence-electron chi connectivity index (χ0n) is 7.03. The molecule has 0 atom stereocenters. The number of nitriles is 1. The molecule has 0 aliphatic carbocycles. The first-order chi connectivity index (χ1) is 6.72. The molecule has 4 nitrogen and oxygen atoms in total. The fourth-order valence-corrected chi connectivity index (χ4v) is 1.46. The van der Waals surface area contributed by atoms with Crippen molar-refractivity contribution in [1.29, 1.82) is 5.26 Å². The topological polar surface area (TPSA) is 75.6 Å². The SMILES string of the molecule is N#Cc1cc(Cl)cc2c(N)ncnc12. The second-order valence-electron chi connectivity index (χ2n) is 2.72. The molecular formula is C9H5ClN4. The van der Waals surface area contributed by atoms with E-state index in [1.807, 2.05) is 6.07 Å². The van der Waals surface area contributed by atoms with E-state index >= 15 is 0 Å². The van der Waals surface area contributed by atoms with Gasteiger partial charge in [0.05, 0.1) is 11.1 Å². The van der Waals surface area contributed by atoms with Gasteiger partial charge in [0.25, 0.3) is 0 Å². The number of halogens is 1. The van der Waals surface area contributed by atoms with Gasteiger partial charge < -0.3 is 5.73 Å². The summed E-state index contributed by atoms with van der Waals surface area (Å²) in [6, 6.07) is 5.21. The van der Waals surface area contributed by atoms with E-state index in [1.54, 1.807) is 12.1 Å². The molecule has 0 radical (unpaired) electrons. The van der Waals surface area contributed by atoms with E-state index in [2.05, 4.69) is 9.97 Å². The maximum atomic E-state index is 8.84. The fourth-order valence-electron chi connectivity index (χ4n) is 1.24. The molecule has 0 bridgehead atoms. The number of anilines is 1. The molecule has 2 rings (SSSR count). The van der Waals surface area contributed by atoms with Crippen LogP contribution in [0, 0.1) is 11.3 Å². The molecule has 1 aromatic carbocycles. The largest absolute Gasteiger partial charge is 0.383 e. The van der Waals surface area contributed by atoms with E-state index in [9.17, 15) is 0 Å². The molecule has 0 saturated carbocycles. The van der Waals surface area contributed by atoms with Crippen LogP contribution in [-0.2, 0) is 0 Å². The molecule has 0 spiro atoms. The minimum Gasteiger partial charge on any atom is -0.383 e. The number of aromatic nitrogens is 2. The lowest BCUT2D eigenvalue weighted by Crippen LogP contribution is -1.94. The van der Waals surface area contributed by atoms with Gasteiger partial charge in [-0.3, -0.25) is 0 Å². The lowest BCUT2D eigenvalue weighted by atomic mass is 10.1. The van der Waals surface area contributed by atoms with E-state index in [-0.39, 0.29) is 0 Å². The minimum atomic E-state index is 0.328. The van der Waals surface area contributed by atoms with Crippen molar-refractivity contribution in [2.24, 2.45) is 0 Å². The zero-order valence-corrected chi connectivity index (χ0v) is 7.78. The first kappa shape index (κ1) is 8.73. The number of nitrogens with zero attached hydrogens (tertiary/aromatic N) is 3. The highest BCUT2D eigenvalue weighted by atomic mass is 35.5. The molecule has 0 saturated heterocycles. The van der Waals surface area contributed by atoms with E-state index in [0.29, 0.717) is 27.3 Å². The van der Waals surface area contributed by atoms with Crippen LogP contribution in [0.1, 0.15) is 5.56 Å². The molecule has 0 amide bonds. The number of rotatable bonds is 0. The summed E-state index contributed by atoms with van der Waals surface area (Å²) in [5, 5.41) is 9.90. The Morgan fingerprint density at radius 1 is 1.36 bits per heavy atom. The van der Waals surface area contributed by atoms with Crippen molar-refractivity contribution in [3.8, 4) is 6.07 Å². The van der Waals surface area contributed by atoms with Crippen molar-refractivity contribution in [2.75, 3.05) is 5.73 Å². The predicted molar refractivity (Wildman–Crippen MR) is 53.7 cm³/mol. The third kappa shape index (κ3) is 1.24. The van der Waals surface area contributed by atoms with Crippen LogP contribution < -0.4 is 5.73 Å². The van der Waals surface area contributed by atoms with Gasteiger partial charge in [-0.25, -0.2) is 9.97 Å². The highest BCUT2D eigenvalue weighted by Crippen LogP contribution is 2.24. The van der Waals surface area contributed by atoms with Crippen molar-refractivity contribution in [3.63, 3.8) is 0 Å².